The highest BCUT2D eigenvalue weighted by Crippen LogP contribution is 2.28. The van der Waals surface area contributed by atoms with E-state index in [1.807, 2.05) is 18.2 Å². The van der Waals surface area contributed by atoms with Crippen LogP contribution in [-0.4, -0.2) is 51.5 Å². The zero-order chi connectivity index (χ0) is 36.3. The molecule has 3 aromatic rings. The lowest BCUT2D eigenvalue weighted by Crippen LogP contribution is -2.36. The predicted molar refractivity (Wildman–Crippen MR) is 201 cm³/mol. The lowest BCUT2D eigenvalue weighted by molar-refractivity contribution is -0.567. The largest absolute Gasteiger partial charge is 0.491 e. The second-order valence-corrected chi connectivity index (χ2v) is 13.4. The van der Waals surface area contributed by atoms with Gasteiger partial charge in [0.15, 0.2) is 11.5 Å². The van der Waals surface area contributed by atoms with Crippen LogP contribution in [-0.2, 0) is 14.3 Å². The molecule has 0 saturated heterocycles. The van der Waals surface area contributed by atoms with Gasteiger partial charge in [0.2, 0.25) is 0 Å². The zero-order valence-electron chi connectivity index (χ0n) is 30.8. The van der Waals surface area contributed by atoms with Crippen molar-refractivity contribution in [1.29, 1.82) is 0 Å². The summed E-state index contributed by atoms with van der Waals surface area (Å²) in [6.45, 7) is 6.87. The third kappa shape index (κ3) is 12.1. The number of unbranched alkanes of at least 4 members (excludes halogenated alkanes) is 14. The number of ether oxygens (including phenoxy) is 2. The van der Waals surface area contributed by atoms with E-state index in [1.54, 1.807) is 37.3 Å². The maximum atomic E-state index is 14.2. The number of nitrogens with one attached hydrogen (secondary N) is 2. The van der Waals surface area contributed by atoms with Crippen LogP contribution >= 0.6 is 0 Å². The van der Waals surface area contributed by atoms with Gasteiger partial charge in [0.1, 0.15) is 11.0 Å². The summed E-state index contributed by atoms with van der Waals surface area (Å²) >= 11 is 0. The quantitative estimate of drug-likeness (QED) is 0.0543. The van der Waals surface area contributed by atoms with Crippen LogP contribution in [0.2, 0.25) is 0 Å². The number of benzene rings is 2. The number of carbonyl (C=O) groups is 2. The van der Waals surface area contributed by atoms with Gasteiger partial charge in [-0.25, -0.2) is 9.78 Å². The van der Waals surface area contributed by atoms with Crippen LogP contribution < -0.4 is 15.6 Å². The fraction of sp³-hybridized carbons (Fsp3) is 0.575. The molecule has 1 aromatic heterocycles. The van der Waals surface area contributed by atoms with Gasteiger partial charge in [-0.05, 0) is 37.1 Å². The Kier molecular flexibility index (Phi) is 16.8. The van der Waals surface area contributed by atoms with Gasteiger partial charge in [-0.1, -0.05) is 128 Å². The smallest absolute Gasteiger partial charge is 0.367 e. The number of rotatable bonds is 24. The first-order valence-corrected chi connectivity index (χ1v) is 19.2. The highest BCUT2D eigenvalue weighted by molar-refractivity contribution is 6.04. The number of amides is 1. The van der Waals surface area contributed by atoms with Gasteiger partial charge in [-0.3, -0.25) is 9.59 Å². The van der Waals surface area contributed by atoms with Crippen LogP contribution in [0.5, 0.6) is 5.75 Å². The van der Waals surface area contributed by atoms with E-state index in [0.717, 1.165) is 38.5 Å². The predicted octanol–water partition coefficient (Wildman–Crippen LogP) is 9.03. The van der Waals surface area contributed by atoms with Crippen LogP contribution in [0.3, 0.4) is 0 Å². The van der Waals surface area contributed by atoms with Gasteiger partial charge >= 0.3 is 12.0 Å². The molecule has 0 radical (unpaired) electrons. The fourth-order valence-electron chi connectivity index (χ4n) is 6.25. The zero-order valence-corrected chi connectivity index (χ0v) is 30.8. The summed E-state index contributed by atoms with van der Waals surface area (Å²) in [5.74, 6) is -0.452. The number of carbonyl (C=O) groups excluding carboxylic acids is 2. The topological polar surface area (TPSA) is 138 Å². The average molecular weight is 702 g/mol. The Morgan fingerprint density at radius 1 is 0.804 bits per heavy atom. The number of H-pyrrole nitrogens is 1. The van der Waals surface area contributed by atoms with Crippen molar-refractivity contribution >= 4 is 34.2 Å². The van der Waals surface area contributed by atoms with Crippen molar-refractivity contribution in [2.24, 2.45) is 10.3 Å². The average Bonchev–Trinajstić information content (AvgIpc) is 3.51. The van der Waals surface area contributed by atoms with Crippen molar-refractivity contribution in [3.8, 4) is 5.75 Å². The minimum Gasteiger partial charge on any atom is -0.491 e. The molecule has 0 saturated carbocycles. The highest BCUT2D eigenvalue weighted by atomic mass is 16.5. The van der Waals surface area contributed by atoms with Crippen molar-refractivity contribution in [3.05, 3.63) is 64.7 Å². The summed E-state index contributed by atoms with van der Waals surface area (Å²) in [6, 6.07) is 11.9. The maximum Gasteiger partial charge on any atom is 0.367 e. The summed E-state index contributed by atoms with van der Waals surface area (Å²) in [7, 11) is 0. The lowest BCUT2D eigenvalue weighted by atomic mass is 10.1. The van der Waals surface area contributed by atoms with E-state index in [9.17, 15) is 14.4 Å². The summed E-state index contributed by atoms with van der Waals surface area (Å²) in [4.78, 5) is 47.7. The minimum absolute atomic E-state index is 0.0676. The van der Waals surface area contributed by atoms with E-state index in [1.165, 1.54) is 68.9 Å². The number of hydrogen-bond donors (Lipinski definition) is 2. The molecule has 2 aromatic carbocycles. The molecular formula is C40H57N6O5+. The number of aromatic amines is 1. The lowest BCUT2D eigenvalue weighted by Gasteiger charge is -2.17. The molecule has 0 fully saturated rings. The van der Waals surface area contributed by atoms with E-state index in [2.05, 4.69) is 39.5 Å². The molecule has 0 aliphatic carbocycles. The SMILES string of the molecule is CCCCCCCCCCCCCCOc1ccccc1NC(=O)C(c1nc2ccccc2c(=O)[nH]1)[N+]1=C(C)C(C(=O)OCCCCCC)N=N1. The second kappa shape index (κ2) is 21.7. The number of nitrogens with zero attached hydrogens (tertiary/aromatic N) is 4. The van der Waals surface area contributed by atoms with E-state index in [0.29, 0.717) is 34.7 Å². The van der Waals surface area contributed by atoms with Crippen molar-refractivity contribution in [3.63, 3.8) is 0 Å². The van der Waals surface area contributed by atoms with Crippen LogP contribution in [0.4, 0.5) is 5.69 Å². The molecule has 4 rings (SSSR count). The number of aromatic nitrogens is 2. The highest BCUT2D eigenvalue weighted by Gasteiger charge is 2.44. The van der Waals surface area contributed by atoms with Crippen molar-refractivity contribution in [2.75, 3.05) is 18.5 Å². The molecule has 2 atom stereocenters. The molecule has 2 heterocycles. The Morgan fingerprint density at radius 2 is 1.39 bits per heavy atom. The Bertz CT molecular complexity index is 1670. The molecule has 11 heteroatoms. The first-order valence-electron chi connectivity index (χ1n) is 19.2. The van der Waals surface area contributed by atoms with Crippen LogP contribution in [0, 0.1) is 0 Å². The first kappa shape index (κ1) is 39.4. The van der Waals surface area contributed by atoms with Gasteiger partial charge in [0.25, 0.3) is 17.5 Å². The summed E-state index contributed by atoms with van der Waals surface area (Å²) < 4.78 is 13.0. The number of para-hydroxylation sites is 3. The molecule has 0 spiro atoms. The van der Waals surface area contributed by atoms with E-state index < -0.39 is 29.5 Å². The van der Waals surface area contributed by atoms with Gasteiger partial charge in [0, 0.05) is 6.92 Å². The third-order valence-corrected chi connectivity index (χ3v) is 9.27. The van der Waals surface area contributed by atoms with E-state index >= 15 is 0 Å². The monoisotopic (exact) mass is 701 g/mol. The second-order valence-electron chi connectivity index (χ2n) is 13.4. The van der Waals surface area contributed by atoms with Gasteiger partial charge in [0.05, 0.1) is 34.9 Å². The summed E-state index contributed by atoms with van der Waals surface area (Å²) in [5, 5.41) is 11.8. The Hall–Kier alpha value is -4.41. The van der Waals surface area contributed by atoms with Crippen LogP contribution in [0.15, 0.2) is 63.7 Å². The summed E-state index contributed by atoms with van der Waals surface area (Å²) in [6.07, 6.45) is 19.0. The van der Waals surface area contributed by atoms with Gasteiger partial charge in [-0.15, -0.1) is 4.68 Å². The van der Waals surface area contributed by atoms with E-state index in [4.69, 9.17) is 9.47 Å². The Balaban J connectivity index is 1.41. The molecule has 11 nitrogen and oxygen atoms in total. The third-order valence-electron chi connectivity index (χ3n) is 9.27. The number of fused-ring (bicyclic) bond motifs is 1. The van der Waals surface area contributed by atoms with Crippen molar-refractivity contribution in [2.45, 2.75) is 136 Å². The molecule has 51 heavy (non-hydrogen) atoms. The van der Waals surface area contributed by atoms with Crippen molar-refractivity contribution < 1.29 is 23.7 Å². The molecule has 1 aliphatic heterocycles. The van der Waals surface area contributed by atoms with Crippen LogP contribution in [0.1, 0.15) is 135 Å². The van der Waals surface area contributed by atoms with E-state index in [-0.39, 0.29) is 12.4 Å². The van der Waals surface area contributed by atoms with Gasteiger partial charge < -0.3 is 19.8 Å². The summed E-state index contributed by atoms with van der Waals surface area (Å²) in [5.41, 5.74) is 0.904. The molecule has 2 N–H and O–H groups in total. The van der Waals surface area contributed by atoms with Crippen molar-refractivity contribution in [1.82, 2.24) is 9.97 Å². The molecule has 1 aliphatic rings. The fourth-order valence-corrected chi connectivity index (χ4v) is 6.25. The molecule has 0 bridgehead atoms. The number of anilines is 1. The minimum atomic E-state index is -1.24. The molecule has 276 valence electrons. The maximum absolute atomic E-state index is 14.2. The molecule has 1 amide bonds. The molecule has 2 unspecified atom stereocenters. The normalized spacial score (nSPS) is 14.6. The standard InChI is InChI=1S/C40H56N6O5/c1-4-6-8-10-11-12-13-14-15-16-17-23-28-50-34-27-21-20-26-33(34)42-39(48)36(37-41-32-25-19-18-24-31(32)38(47)43-37)46-30(3)35(44-45-46)40(49)51-29-22-9-7-5-2/h18-21,24-27,35-36H,4-17,22-23,28-29H2,1-3H3,(H-,41,42,43,47,48)/p+1. The number of esters is 1. The number of hydrogen-bond acceptors (Lipinski definition) is 8. The Labute approximate surface area is 302 Å². The molecular weight excluding hydrogens is 644 g/mol. The van der Waals surface area contributed by atoms with Gasteiger partial charge in [-0.2, -0.15) is 0 Å². The Morgan fingerprint density at radius 3 is 2.10 bits per heavy atom. The first-order chi connectivity index (χ1) is 24.9. The van der Waals surface area contributed by atoms with Crippen LogP contribution in [0.25, 0.3) is 10.9 Å².